The van der Waals surface area contributed by atoms with Crippen molar-refractivity contribution in [3.05, 3.63) is 71.7 Å². The van der Waals surface area contributed by atoms with Gasteiger partial charge in [0.15, 0.2) is 0 Å². The molecule has 2 nitrogen and oxygen atoms in total. The zero-order valence-electron chi connectivity index (χ0n) is 17.6. The molecule has 2 aliphatic rings. The summed E-state index contributed by atoms with van der Waals surface area (Å²) in [5.74, 6) is 0. The number of hydrogen-bond acceptors (Lipinski definition) is 2. The van der Waals surface area contributed by atoms with Crippen LogP contribution in [-0.2, 0) is 10.8 Å². The highest BCUT2D eigenvalue weighted by atomic mass is 14.9. The van der Waals surface area contributed by atoms with E-state index in [0.717, 1.165) is 24.4 Å². The number of rotatable bonds is 5. The van der Waals surface area contributed by atoms with Crippen molar-refractivity contribution >= 4 is 16.8 Å². The molecule has 1 N–H and O–H groups in total. The van der Waals surface area contributed by atoms with Crippen molar-refractivity contribution in [2.24, 2.45) is 0 Å². The zero-order valence-corrected chi connectivity index (χ0v) is 17.6. The molecule has 28 heavy (non-hydrogen) atoms. The Hall–Kier alpha value is -2.35. The minimum Gasteiger partial charge on any atom is -0.385 e. The first-order chi connectivity index (χ1) is 13.4. The Kier molecular flexibility index (Phi) is 4.69. The molecule has 0 radical (unpaired) electrons. The van der Waals surface area contributed by atoms with Crippen molar-refractivity contribution in [1.82, 2.24) is 10.3 Å². The molecule has 2 aromatic rings. The summed E-state index contributed by atoms with van der Waals surface area (Å²) in [6.07, 6.45) is 12.1. The van der Waals surface area contributed by atoms with Crippen LogP contribution in [0.25, 0.3) is 16.8 Å². The maximum Gasteiger partial charge on any atom is 0.0714 e. The first kappa shape index (κ1) is 19.0. The second-order valence-electron chi connectivity index (χ2n) is 9.40. The van der Waals surface area contributed by atoms with Gasteiger partial charge in [0.2, 0.25) is 0 Å². The third kappa shape index (κ3) is 2.99. The van der Waals surface area contributed by atoms with Crippen molar-refractivity contribution in [3.8, 4) is 0 Å². The molecule has 1 fully saturated rings. The van der Waals surface area contributed by atoms with Crippen LogP contribution in [0.4, 0.5) is 0 Å². The molecule has 0 saturated heterocycles. The van der Waals surface area contributed by atoms with Gasteiger partial charge in [-0.05, 0) is 58.9 Å². The minimum absolute atomic E-state index is 0.0633. The number of fused-ring (bicyclic) bond motifs is 1. The number of aromatic nitrogens is 1. The fourth-order valence-electron chi connectivity index (χ4n) is 5.00. The fraction of sp³-hybridized carbons (Fsp3) is 0.423. The smallest absolute Gasteiger partial charge is 0.0714 e. The van der Waals surface area contributed by atoms with Gasteiger partial charge in [0.05, 0.1) is 5.69 Å². The van der Waals surface area contributed by atoms with E-state index in [1.165, 1.54) is 53.2 Å². The molecule has 1 saturated carbocycles. The molecular weight excluding hydrogens is 340 g/mol. The standard InChI is InChI=1S/C26H32N2/c1-6-7-13-27-18(2)21-17-23-24-19(10-14-28-23)15-20(25(3,4)5)16-22(24)26(21)11-8-9-12-26/h6,10,14-17,27H,1-2,7-9,11-13H2,3-5H3. The normalized spacial score (nSPS) is 17.6. The lowest BCUT2D eigenvalue weighted by Gasteiger charge is -2.39. The van der Waals surface area contributed by atoms with Gasteiger partial charge in [-0.3, -0.25) is 4.98 Å². The molecule has 1 heterocycles. The maximum atomic E-state index is 4.75. The van der Waals surface area contributed by atoms with Crippen molar-refractivity contribution in [3.63, 3.8) is 0 Å². The van der Waals surface area contributed by atoms with Gasteiger partial charge >= 0.3 is 0 Å². The fourth-order valence-corrected chi connectivity index (χ4v) is 5.00. The van der Waals surface area contributed by atoms with Crippen molar-refractivity contribution in [2.45, 2.75) is 63.7 Å². The molecule has 1 aromatic carbocycles. The summed E-state index contributed by atoms with van der Waals surface area (Å²) < 4.78 is 0. The highest BCUT2D eigenvalue weighted by molar-refractivity contribution is 5.97. The zero-order chi connectivity index (χ0) is 19.9. The molecule has 1 aromatic heterocycles. The predicted molar refractivity (Wildman–Crippen MR) is 121 cm³/mol. The molecular formula is C26H32N2. The maximum absolute atomic E-state index is 4.75. The van der Waals surface area contributed by atoms with Crippen LogP contribution in [0, 0.1) is 0 Å². The van der Waals surface area contributed by atoms with Gasteiger partial charge in [0.1, 0.15) is 0 Å². The molecule has 0 unspecified atom stereocenters. The van der Waals surface area contributed by atoms with Crippen LogP contribution in [0.3, 0.4) is 0 Å². The predicted octanol–water partition coefficient (Wildman–Crippen LogP) is 6.42. The Morgan fingerprint density at radius 3 is 2.68 bits per heavy atom. The largest absolute Gasteiger partial charge is 0.385 e. The third-order valence-electron chi connectivity index (χ3n) is 6.54. The van der Waals surface area contributed by atoms with E-state index in [0.29, 0.717) is 0 Å². The van der Waals surface area contributed by atoms with Gasteiger partial charge in [-0.25, -0.2) is 0 Å². The van der Waals surface area contributed by atoms with Crippen LogP contribution < -0.4 is 5.32 Å². The van der Waals surface area contributed by atoms with Gasteiger partial charge in [-0.2, -0.15) is 0 Å². The first-order valence-corrected chi connectivity index (χ1v) is 10.6. The average molecular weight is 373 g/mol. The first-order valence-electron chi connectivity index (χ1n) is 10.6. The highest BCUT2D eigenvalue weighted by Gasteiger charge is 2.44. The van der Waals surface area contributed by atoms with Crippen LogP contribution in [0.1, 0.15) is 69.7 Å². The summed E-state index contributed by atoms with van der Waals surface area (Å²) in [6, 6.07) is 7.02. The summed E-state index contributed by atoms with van der Waals surface area (Å²) in [5, 5.41) is 6.22. The van der Waals surface area contributed by atoms with Crippen molar-refractivity contribution < 1.29 is 0 Å². The molecule has 0 atom stereocenters. The molecule has 2 aliphatic carbocycles. The summed E-state index contributed by atoms with van der Waals surface area (Å²) >= 11 is 0. The van der Waals surface area contributed by atoms with E-state index >= 15 is 0 Å². The monoisotopic (exact) mass is 372 g/mol. The van der Waals surface area contributed by atoms with Gasteiger partial charge in [-0.1, -0.05) is 58.4 Å². The third-order valence-corrected chi connectivity index (χ3v) is 6.54. The van der Waals surface area contributed by atoms with Gasteiger partial charge in [0, 0.05) is 29.2 Å². The summed E-state index contributed by atoms with van der Waals surface area (Å²) in [5.41, 5.74) is 6.54. The average Bonchev–Trinajstić information content (AvgIpc) is 3.14. The lowest BCUT2D eigenvalue weighted by atomic mass is 9.66. The van der Waals surface area contributed by atoms with E-state index in [4.69, 9.17) is 4.98 Å². The van der Waals surface area contributed by atoms with Crippen LogP contribution in [0.5, 0.6) is 0 Å². The van der Waals surface area contributed by atoms with E-state index in [-0.39, 0.29) is 10.8 Å². The lowest BCUT2D eigenvalue weighted by Crippen LogP contribution is -2.33. The van der Waals surface area contributed by atoms with Gasteiger partial charge in [0.25, 0.3) is 0 Å². The SMILES string of the molecule is C=CCCNC(=C)C1=Cc2nccc3cc(C(C)(C)C)cc(c23)C12CCCC2. The van der Waals surface area contributed by atoms with Gasteiger partial charge < -0.3 is 5.32 Å². The van der Waals surface area contributed by atoms with Crippen LogP contribution in [-0.4, -0.2) is 11.5 Å². The quantitative estimate of drug-likeness (QED) is 0.484. The Balaban J connectivity index is 1.93. The Labute approximate surface area is 169 Å². The van der Waals surface area contributed by atoms with Crippen molar-refractivity contribution in [2.75, 3.05) is 6.54 Å². The van der Waals surface area contributed by atoms with Crippen LogP contribution in [0.15, 0.2) is 54.9 Å². The number of pyridine rings is 1. The topological polar surface area (TPSA) is 24.9 Å². The van der Waals surface area contributed by atoms with E-state index < -0.39 is 0 Å². The second-order valence-corrected chi connectivity index (χ2v) is 9.40. The van der Waals surface area contributed by atoms with E-state index in [9.17, 15) is 0 Å². The number of benzene rings is 1. The van der Waals surface area contributed by atoms with E-state index in [1.807, 2.05) is 12.3 Å². The Morgan fingerprint density at radius 1 is 1.25 bits per heavy atom. The number of nitrogens with one attached hydrogen (secondary N) is 1. The van der Waals surface area contributed by atoms with Crippen LogP contribution in [0.2, 0.25) is 0 Å². The molecule has 0 aliphatic heterocycles. The molecule has 0 bridgehead atoms. The second kappa shape index (κ2) is 6.92. The lowest BCUT2D eigenvalue weighted by molar-refractivity contribution is 0.520. The van der Waals surface area contributed by atoms with Crippen molar-refractivity contribution in [1.29, 1.82) is 0 Å². The minimum atomic E-state index is 0.0633. The number of hydrogen-bond donors (Lipinski definition) is 1. The summed E-state index contributed by atoms with van der Waals surface area (Å²) in [4.78, 5) is 4.75. The summed E-state index contributed by atoms with van der Waals surface area (Å²) in [7, 11) is 0. The molecule has 4 rings (SSSR count). The Morgan fingerprint density at radius 2 is 2.00 bits per heavy atom. The molecule has 1 spiro atoms. The van der Waals surface area contributed by atoms with Gasteiger partial charge in [-0.15, -0.1) is 6.58 Å². The number of nitrogens with zero attached hydrogens (tertiary/aromatic N) is 1. The summed E-state index contributed by atoms with van der Waals surface area (Å²) in [6.45, 7) is 16.1. The highest BCUT2D eigenvalue weighted by Crippen LogP contribution is 2.54. The van der Waals surface area contributed by atoms with Crippen LogP contribution >= 0.6 is 0 Å². The molecule has 2 heteroatoms. The molecule has 0 amide bonds. The number of allylic oxidation sites excluding steroid dienone is 1. The molecule has 146 valence electrons. The van der Waals surface area contributed by atoms with E-state index in [1.54, 1.807) is 0 Å². The Bertz CT molecular complexity index is 966. The van der Waals surface area contributed by atoms with E-state index in [2.05, 4.69) is 63.5 Å².